The number of halogens is 1. The predicted molar refractivity (Wildman–Crippen MR) is 96.2 cm³/mol. The van der Waals surface area contributed by atoms with Crippen LogP contribution in [0.2, 0.25) is 0 Å². The van der Waals surface area contributed by atoms with Gasteiger partial charge in [-0.2, -0.15) is 0 Å². The average Bonchev–Trinajstić information content (AvgIpc) is 2.97. The molecule has 1 fully saturated rings. The number of para-hydroxylation sites is 1. The summed E-state index contributed by atoms with van der Waals surface area (Å²) in [7, 11) is 0. The molecule has 1 aromatic heterocycles. The number of carbonyl (C=O) groups is 3. The van der Waals surface area contributed by atoms with Crippen molar-refractivity contribution in [2.75, 3.05) is 4.90 Å². The van der Waals surface area contributed by atoms with Crippen molar-refractivity contribution < 1.29 is 18.8 Å². The summed E-state index contributed by atoms with van der Waals surface area (Å²) in [5, 5.41) is 2.20. The number of furan rings is 1. The molecule has 0 spiro atoms. The van der Waals surface area contributed by atoms with Gasteiger partial charge in [0.05, 0.1) is 5.69 Å². The predicted octanol–water partition coefficient (Wildman–Crippen LogP) is 3.11. The minimum absolute atomic E-state index is 0.147. The number of nitrogens with zero attached hydrogens (tertiary/aromatic N) is 1. The van der Waals surface area contributed by atoms with Crippen LogP contribution in [0.1, 0.15) is 18.2 Å². The Morgan fingerprint density at radius 3 is 2.58 bits per heavy atom. The first kappa shape index (κ1) is 16.4. The topological polar surface area (TPSA) is 79.6 Å². The first-order valence-corrected chi connectivity index (χ1v) is 8.34. The number of nitrogens with one attached hydrogen (secondary N) is 1. The van der Waals surface area contributed by atoms with Crippen molar-refractivity contribution >= 4 is 52.2 Å². The van der Waals surface area contributed by atoms with Gasteiger partial charge in [-0.15, -0.1) is 0 Å². The fourth-order valence-corrected chi connectivity index (χ4v) is 2.89. The van der Waals surface area contributed by atoms with E-state index in [0.717, 1.165) is 10.5 Å². The molecule has 1 saturated heterocycles. The van der Waals surface area contributed by atoms with E-state index in [4.69, 9.17) is 4.42 Å². The Kier molecular flexibility index (Phi) is 4.52. The van der Waals surface area contributed by atoms with E-state index in [-0.39, 0.29) is 5.57 Å². The van der Waals surface area contributed by atoms with Gasteiger partial charge in [-0.05, 0) is 58.9 Å². The van der Waals surface area contributed by atoms with Gasteiger partial charge in [0.2, 0.25) is 0 Å². The van der Waals surface area contributed by atoms with E-state index in [1.165, 1.54) is 6.08 Å². The molecule has 2 aromatic rings. The monoisotopic (exact) mass is 436 g/mol. The molecular weight excluding hydrogens is 423 g/mol. The molecular formula is C17H13IN2O4. The fourth-order valence-electron chi connectivity index (χ4n) is 2.45. The second-order valence-electron chi connectivity index (χ2n) is 5.08. The zero-order chi connectivity index (χ0) is 17.3. The van der Waals surface area contributed by atoms with E-state index >= 15 is 0 Å². The highest BCUT2D eigenvalue weighted by Gasteiger charge is 2.37. The minimum atomic E-state index is -0.753. The molecule has 6 nitrogen and oxygen atoms in total. The summed E-state index contributed by atoms with van der Waals surface area (Å²) in [4.78, 5) is 38.0. The Labute approximate surface area is 151 Å². The van der Waals surface area contributed by atoms with Crippen LogP contribution in [-0.2, 0) is 16.0 Å². The molecule has 24 heavy (non-hydrogen) atoms. The Bertz CT molecular complexity index is 869. The Balaban J connectivity index is 2.05. The van der Waals surface area contributed by atoms with Crippen molar-refractivity contribution in [3.63, 3.8) is 0 Å². The van der Waals surface area contributed by atoms with Crippen molar-refractivity contribution in [1.29, 1.82) is 0 Å². The SMILES string of the molecule is CCc1ccccc1N1C(=O)NC(=O)/C(=C\c2ccc(I)o2)C1=O. The van der Waals surface area contributed by atoms with Gasteiger partial charge in [-0.25, -0.2) is 9.69 Å². The number of rotatable bonds is 3. The maximum atomic E-state index is 12.8. The molecule has 0 atom stereocenters. The standard InChI is InChI=1S/C17H13IN2O4/c1-2-10-5-3-4-6-13(10)20-16(22)12(15(21)19-17(20)23)9-11-7-8-14(18)24-11/h3-9H,2H2,1H3,(H,19,21,23)/b12-9+. The third kappa shape index (κ3) is 2.99. The van der Waals surface area contributed by atoms with Crippen LogP contribution in [0.3, 0.4) is 0 Å². The zero-order valence-electron chi connectivity index (χ0n) is 12.7. The average molecular weight is 436 g/mol. The van der Waals surface area contributed by atoms with E-state index in [1.54, 1.807) is 24.3 Å². The quantitative estimate of drug-likeness (QED) is 0.456. The number of anilines is 1. The summed E-state index contributed by atoms with van der Waals surface area (Å²) in [6.07, 6.45) is 1.99. The molecule has 2 heterocycles. The van der Waals surface area contributed by atoms with Gasteiger partial charge in [0.15, 0.2) is 3.77 Å². The number of carbonyl (C=O) groups excluding carboxylic acids is 3. The van der Waals surface area contributed by atoms with Crippen LogP contribution in [-0.4, -0.2) is 17.8 Å². The second kappa shape index (κ2) is 6.60. The summed E-state index contributed by atoms with van der Waals surface area (Å²) in [5.74, 6) is -1.03. The molecule has 0 saturated carbocycles. The first-order chi connectivity index (χ1) is 11.5. The van der Waals surface area contributed by atoms with Crippen molar-refractivity contribution in [2.45, 2.75) is 13.3 Å². The lowest BCUT2D eigenvalue weighted by molar-refractivity contribution is -0.122. The molecule has 7 heteroatoms. The molecule has 4 amide bonds. The van der Waals surface area contributed by atoms with E-state index < -0.39 is 17.8 Å². The lowest BCUT2D eigenvalue weighted by atomic mass is 10.1. The third-order valence-corrected chi connectivity index (χ3v) is 4.18. The van der Waals surface area contributed by atoms with Gasteiger partial charge in [0.1, 0.15) is 11.3 Å². The van der Waals surface area contributed by atoms with E-state index in [9.17, 15) is 14.4 Å². The van der Waals surface area contributed by atoms with Gasteiger partial charge in [0.25, 0.3) is 11.8 Å². The fraction of sp³-hybridized carbons (Fsp3) is 0.118. The lowest BCUT2D eigenvalue weighted by Crippen LogP contribution is -2.54. The number of benzene rings is 1. The van der Waals surface area contributed by atoms with Gasteiger partial charge in [-0.1, -0.05) is 25.1 Å². The van der Waals surface area contributed by atoms with Crippen LogP contribution in [0.5, 0.6) is 0 Å². The number of hydrogen-bond donors (Lipinski definition) is 1. The number of imide groups is 2. The number of hydrogen-bond acceptors (Lipinski definition) is 4. The van der Waals surface area contributed by atoms with Gasteiger partial charge in [0, 0.05) is 0 Å². The van der Waals surface area contributed by atoms with Gasteiger partial charge >= 0.3 is 6.03 Å². The lowest BCUT2D eigenvalue weighted by Gasteiger charge is -2.27. The molecule has 1 aromatic carbocycles. The molecule has 0 radical (unpaired) electrons. The van der Waals surface area contributed by atoms with Crippen molar-refractivity contribution in [2.24, 2.45) is 0 Å². The van der Waals surface area contributed by atoms with Crippen LogP contribution >= 0.6 is 22.6 Å². The molecule has 1 aliphatic rings. The van der Waals surface area contributed by atoms with Crippen LogP contribution in [0.4, 0.5) is 10.5 Å². The first-order valence-electron chi connectivity index (χ1n) is 7.26. The number of aryl methyl sites for hydroxylation is 1. The van der Waals surface area contributed by atoms with Crippen LogP contribution < -0.4 is 10.2 Å². The van der Waals surface area contributed by atoms with Crippen LogP contribution in [0.15, 0.2) is 46.4 Å². The Morgan fingerprint density at radius 1 is 1.17 bits per heavy atom. The van der Waals surface area contributed by atoms with Crippen LogP contribution in [0.25, 0.3) is 6.08 Å². The van der Waals surface area contributed by atoms with Crippen LogP contribution in [0, 0.1) is 3.77 Å². The minimum Gasteiger partial charge on any atom is -0.451 e. The largest absolute Gasteiger partial charge is 0.451 e. The van der Waals surface area contributed by atoms with E-state index in [2.05, 4.69) is 5.32 Å². The van der Waals surface area contributed by atoms with Crippen molar-refractivity contribution in [3.05, 3.63) is 57.1 Å². The Hall–Kier alpha value is -2.42. The van der Waals surface area contributed by atoms with Gasteiger partial charge in [-0.3, -0.25) is 14.9 Å². The van der Waals surface area contributed by atoms with Crippen molar-refractivity contribution in [1.82, 2.24) is 5.32 Å². The molecule has 1 N–H and O–H groups in total. The summed E-state index contributed by atoms with van der Waals surface area (Å²) in [5.41, 5.74) is 1.16. The highest BCUT2D eigenvalue weighted by Crippen LogP contribution is 2.26. The summed E-state index contributed by atoms with van der Waals surface area (Å²) in [6.45, 7) is 1.93. The summed E-state index contributed by atoms with van der Waals surface area (Å²) >= 11 is 1.99. The highest BCUT2D eigenvalue weighted by atomic mass is 127. The molecule has 0 aliphatic carbocycles. The third-order valence-electron chi connectivity index (χ3n) is 3.60. The maximum absolute atomic E-state index is 12.8. The normalized spacial score (nSPS) is 16.7. The van der Waals surface area contributed by atoms with Gasteiger partial charge < -0.3 is 4.42 Å². The molecule has 0 bridgehead atoms. The van der Waals surface area contributed by atoms with E-state index in [1.807, 2.05) is 41.6 Å². The highest BCUT2D eigenvalue weighted by molar-refractivity contribution is 14.1. The molecule has 0 unspecified atom stereocenters. The van der Waals surface area contributed by atoms with Crippen molar-refractivity contribution in [3.8, 4) is 0 Å². The van der Waals surface area contributed by atoms with E-state index in [0.29, 0.717) is 21.6 Å². The zero-order valence-corrected chi connectivity index (χ0v) is 14.9. The summed E-state index contributed by atoms with van der Waals surface area (Å²) < 4.78 is 6.00. The molecule has 122 valence electrons. The number of amides is 4. The second-order valence-corrected chi connectivity index (χ2v) is 6.15. The Morgan fingerprint density at radius 2 is 1.92 bits per heavy atom. The number of barbiturate groups is 1. The maximum Gasteiger partial charge on any atom is 0.335 e. The molecule has 3 rings (SSSR count). The number of urea groups is 1. The summed E-state index contributed by atoms with van der Waals surface area (Å²) in [6, 6.07) is 9.70. The molecule has 1 aliphatic heterocycles. The smallest absolute Gasteiger partial charge is 0.335 e.